The molecule has 0 aliphatic heterocycles. The fourth-order valence-electron chi connectivity index (χ4n) is 6.99. The van der Waals surface area contributed by atoms with Crippen molar-refractivity contribution in [2.24, 2.45) is 21.1 Å². The molecule has 0 aliphatic rings. The summed E-state index contributed by atoms with van der Waals surface area (Å²) in [5.74, 6) is 0.867. The highest BCUT2D eigenvalue weighted by molar-refractivity contribution is 7.05. The molecule has 6 aromatic heterocycles. The number of aryl methyl sites for hydroxylation is 4. The summed E-state index contributed by atoms with van der Waals surface area (Å²) in [5, 5.41) is 17.5. The molecule has 0 unspecified atom stereocenters. The molecule has 0 saturated heterocycles. The second-order valence-electron chi connectivity index (χ2n) is 13.8. The highest BCUT2D eigenvalue weighted by Gasteiger charge is 2.13. The van der Waals surface area contributed by atoms with Crippen LogP contribution in [0.25, 0.3) is 66.1 Å². The summed E-state index contributed by atoms with van der Waals surface area (Å²) >= 11 is 1.53. The third-order valence-electron chi connectivity index (χ3n) is 9.94. The molecule has 12 nitrogen and oxygen atoms in total. The highest BCUT2D eigenvalue weighted by atomic mass is 32.1. The molecule has 10 aromatic rings. The molecule has 0 amide bonds. The van der Waals surface area contributed by atoms with E-state index >= 15 is 0 Å². The van der Waals surface area contributed by atoms with Crippen LogP contribution < -0.4 is 10.6 Å². The predicted molar refractivity (Wildman–Crippen MR) is 225 cm³/mol. The summed E-state index contributed by atoms with van der Waals surface area (Å²) < 4.78 is 10.5. The molecule has 10 rings (SSSR count). The van der Waals surface area contributed by atoms with Gasteiger partial charge >= 0.3 is 0 Å². The van der Waals surface area contributed by atoms with Crippen LogP contribution in [0.2, 0.25) is 0 Å². The molecular formula is C43H38N12S. The Morgan fingerprint density at radius 1 is 0.589 bits per heavy atom. The summed E-state index contributed by atoms with van der Waals surface area (Å²) in [6.07, 6.45) is 12.8. The molecule has 6 heterocycles. The number of anilines is 2. The van der Waals surface area contributed by atoms with Crippen LogP contribution in [-0.4, -0.2) is 48.2 Å². The van der Waals surface area contributed by atoms with Gasteiger partial charge in [0.05, 0.1) is 40.9 Å². The van der Waals surface area contributed by atoms with Crippen molar-refractivity contribution in [3.05, 3.63) is 139 Å². The first-order chi connectivity index (χ1) is 27.4. The first kappa shape index (κ1) is 34.8. The van der Waals surface area contributed by atoms with E-state index in [0.29, 0.717) is 6.54 Å². The number of nitrogens with one attached hydrogen (secondary N) is 2. The van der Waals surface area contributed by atoms with Crippen molar-refractivity contribution in [2.75, 3.05) is 10.6 Å². The zero-order valence-corrected chi connectivity index (χ0v) is 32.2. The lowest BCUT2D eigenvalue weighted by atomic mass is 10.0. The van der Waals surface area contributed by atoms with E-state index in [1.165, 1.54) is 38.2 Å². The Hall–Kier alpha value is -6.99. The van der Waals surface area contributed by atoms with Gasteiger partial charge in [-0.2, -0.15) is 4.37 Å². The third kappa shape index (κ3) is 6.91. The lowest BCUT2D eigenvalue weighted by molar-refractivity contribution is 0.812. The predicted octanol–water partition coefficient (Wildman–Crippen LogP) is 8.69. The molecule has 0 spiro atoms. The van der Waals surface area contributed by atoms with Crippen LogP contribution in [0, 0.1) is 6.92 Å². The summed E-state index contributed by atoms with van der Waals surface area (Å²) in [6, 6.07) is 27.7. The number of hydrogen-bond acceptors (Lipinski definition) is 10. The van der Waals surface area contributed by atoms with Gasteiger partial charge < -0.3 is 24.3 Å². The molecule has 4 aromatic carbocycles. The number of hydrogen-bond donors (Lipinski definition) is 2. The Balaban J connectivity index is 0.000000146. The Bertz CT molecular complexity index is 3010. The van der Waals surface area contributed by atoms with E-state index < -0.39 is 0 Å². The molecule has 56 heavy (non-hydrogen) atoms. The van der Waals surface area contributed by atoms with Gasteiger partial charge in [0.2, 0.25) is 0 Å². The smallest absolute Gasteiger partial charge is 0.151 e. The third-order valence-corrected chi connectivity index (χ3v) is 10.8. The minimum atomic E-state index is 0.582. The Kier molecular flexibility index (Phi) is 9.11. The van der Waals surface area contributed by atoms with Crippen LogP contribution in [0.4, 0.5) is 11.4 Å². The van der Waals surface area contributed by atoms with E-state index in [0.717, 1.165) is 73.8 Å². The van der Waals surface area contributed by atoms with Crippen LogP contribution in [0.5, 0.6) is 0 Å². The van der Waals surface area contributed by atoms with Gasteiger partial charge in [-0.3, -0.25) is 19.9 Å². The molecule has 0 fully saturated rings. The second-order valence-corrected chi connectivity index (χ2v) is 14.7. The first-order valence-corrected chi connectivity index (χ1v) is 19.0. The van der Waals surface area contributed by atoms with Crippen molar-refractivity contribution in [1.29, 1.82) is 0 Å². The van der Waals surface area contributed by atoms with E-state index in [1.807, 2.05) is 24.6 Å². The van der Waals surface area contributed by atoms with Gasteiger partial charge in [-0.1, -0.05) is 24.3 Å². The molecule has 0 aliphatic carbocycles. The summed E-state index contributed by atoms with van der Waals surface area (Å²) in [5.41, 5.74) is 13.4. The first-order valence-electron chi connectivity index (χ1n) is 18.2. The Labute approximate surface area is 326 Å². The highest BCUT2D eigenvalue weighted by Crippen LogP contribution is 2.34. The van der Waals surface area contributed by atoms with Crippen molar-refractivity contribution >= 4 is 66.8 Å². The number of aromatic nitrogens is 10. The number of rotatable bonds is 8. The maximum absolute atomic E-state index is 4.61. The molecule has 13 heteroatoms. The zero-order chi connectivity index (χ0) is 38.2. The Morgan fingerprint density at radius 3 is 1.66 bits per heavy atom. The number of fused-ring (bicyclic) bond motifs is 4. The van der Waals surface area contributed by atoms with Gasteiger partial charge in [0.1, 0.15) is 6.33 Å². The largest absolute Gasteiger partial charge is 0.380 e. The molecule has 276 valence electrons. The Morgan fingerprint density at radius 2 is 1.14 bits per heavy atom. The lowest BCUT2D eigenvalue weighted by Gasteiger charge is -2.12. The molecule has 0 saturated carbocycles. The van der Waals surface area contributed by atoms with Crippen LogP contribution in [-0.2, 0) is 34.2 Å². The quantitative estimate of drug-likeness (QED) is 0.157. The minimum absolute atomic E-state index is 0.582. The number of nitrogens with zero attached hydrogens (tertiary/aromatic N) is 10. The fraction of sp³-hybridized carbons (Fsp3) is 0.140. The summed E-state index contributed by atoms with van der Waals surface area (Å²) in [4.78, 5) is 19.5. The summed E-state index contributed by atoms with van der Waals surface area (Å²) in [6.45, 7) is 3.34. The average molecular weight is 755 g/mol. The average Bonchev–Trinajstić information content (AvgIpc) is 4.03. The standard InChI is InChI=1S/C22H19N5S.C21H19N7/c1-14-9-18(28-26-14)13-25-17-11-19(22-20(12-17)23-6-7-24-22)16-4-3-15-5-8-27(2)21(15)10-16;1-27-8-5-14-3-4-15(9-19(14)27)17-10-16(11-18-21(17)23-7-6-22-18)24-12-20-26-25-13-28(20)2/h3-12,25H,13H2,1-2H3;3-11,13,24H,12H2,1-2H3. The van der Waals surface area contributed by atoms with E-state index in [2.05, 4.69) is 154 Å². The topological polar surface area (TPSA) is 129 Å². The van der Waals surface area contributed by atoms with Crippen LogP contribution in [0.15, 0.2) is 122 Å². The van der Waals surface area contributed by atoms with Gasteiger partial charge in [-0.05, 0) is 95.0 Å². The molecule has 2 N–H and O–H groups in total. The van der Waals surface area contributed by atoms with Gasteiger partial charge in [-0.15, -0.1) is 10.2 Å². The van der Waals surface area contributed by atoms with E-state index in [-0.39, 0.29) is 0 Å². The second kappa shape index (κ2) is 14.7. The number of benzene rings is 4. The van der Waals surface area contributed by atoms with E-state index in [9.17, 15) is 0 Å². The van der Waals surface area contributed by atoms with E-state index in [1.54, 1.807) is 31.1 Å². The van der Waals surface area contributed by atoms with Crippen molar-refractivity contribution in [3.8, 4) is 22.3 Å². The minimum Gasteiger partial charge on any atom is -0.380 e. The van der Waals surface area contributed by atoms with Crippen molar-refractivity contribution in [3.63, 3.8) is 0 Å². The fourth-order valence-corrected chi connectivity index (χ4v) is 7.66. The molecule has 0 bridgehead atoms. The van der Waals surface area contributed by atoms with Crippen LogP contribution in [0.3, 0.4) is 0 Å². The van der Waals surface area contributed by atoms with Crippen molar-refractivity contribution in [1.82, 2.24) is 48.2 Å². The van der Waals surface area contributed by atoms with Gasteiger partial charge in [0, 0.05) is 96.7 Å². The summed E-state index contributed by atoms with van der Waals surface area (Å²) in [7, 11) is 6.06. The maximum Gasteiger partial charge on any atom is 0.151 e. The van der Waals surface area contributed by atoms with Gasteiger partial charge in [0.15, 0.2) is 5.82 Å². The SMILES string of the molecule is Cc1cc(CNc2cc(-c3ccc4ccn(C)c4c3)c3nccnc3c2)sn1.Cn1cnnc1CNc1cc(-c2ccc3ccn(C)c3c2)c2nccnc2c1. The van der Waals surface area contributed by atoms with Crippen LogP contribution in [0.1, 0.15) is 16.4 Å². The van der Waals surface area contributed by atoms with E-state index in [4.69, 9.17) is 0 Å². The molecule has 0 atom stereocenters. The lowest BCUT2D eigenvalue weighted by Crippen LogP contribution is -2.06. The van der Waals surface area contributed by atoms with Crippen molar-refractivity contribution < 1.29 is 0 Å². The maximum atomic E-state index is 4.61. The van der Waals surface area contributed by atoms with Gasteiger partial charge in [0.25, 0.3) is 0 Å². The van der Waals surface area contributed by atoms with Crippen molar-refractivity contribution in [2.45, 2.75) is 20.0 Å². The zero-order valence-electron chi connectivity index (χ0n) is 31.3. The monoisotopic (exact) mass is 754 g/mol. The van der Waals surface area contributed by atoms with Gasteiger partial charge in [-0.25, -0.2) is 0 Å². The normalized spacial score (nSPS) is 11.4. The molecular weight excluding hydrogens is 717 g/mol. The molecule has 0 radical (unpaired) electrons. The van der Waals surface area contributed by atoms with Crippen LogP contribution >= 0.6 is 11.5 Å².